The van der Waals surface area contributed by atoms with Gasteiger partial charge < -0.3 is 15.8 Å². The lowest BCUT2D eigenvalue weighted by molar-refractivity contribution is 0.0204. The molecular weight excluding hydrogens is 290 g/mol. The molecule has 118 valence electrons. The van der Waals surface area contributed by atoms with Gasteiger partial charge in [-0.1, -0.05) is 12.1 Å². The van der Waals surface area contributed by atoms with Gasteiger partial charge >= 0.3 is 0 Å². The quantitative estimate of drug-likeness (QED) is 0.851. The maximum atomic E-state index is 12.0. The predicted octanol–water partition coefficient (Wildman–Crippen LogP) is 1.02. The summed E-state index contributed by atoms with van der Waals surface area (Å²) in [5, 5.41) is 2.98. The molecular formula is C15H24ClN3O2. The van der Waals surface area contributed by atoms with Crippen molar-refractivity contribution < 1.29 is 9.53 Å². The van der Waals surface area contributed by atoms with Gasteiger partial charge in [-0.05, 0) is 24.6 Å². The minimum atomic E-state index is -0.0336. The van der Waals surface area contributed by atoms with Gasteiger partial charge in [0.05, 0.1) is 13.2 Å². The molecule has 0 aliphatic carbocycles. The van der Waals surface area contributed by atoms with Crippen molar-refractivity contribution in [3.05, 3.63) is 35.4 Å². The molecule has 0 bridgehead atoms. The summed E-state index contributed by atoms with van der Waals surface area (Å²) in [6, 6.07) is 7.74. The number of benzene rings is 1. The standard InChI is InChI=1S/C15H23N3O2.ClH/c1-12(18-6-8-20-9-7-18)11-17-15(19)14-4-2-13(10-16)3-5-14;/h2-5,12H,6-11,16H2,1H3,(H,17,19);1H. The Morgan fingerprint density at radius 3 is 2.52 bits per heavy atom. The molecule has 0 spiro atoms. The van der Waals surface area contributed by atoms with Crippen molar-refractivity contribution in [1.82, 2.24) is 10.2 Å². The lowest BCUT2D eigenvalue weighted by atomic mass is 10.1. The average molecular weight is 314 g/mol. The Kier molecular flexibility index (Phi) is 7.67. The number of halogens is 1. The van der Waals surface area contributed by atoms with Crippen molar-refractivity contribution in [2.45, 2.75) is 19.5 Å². The third-order valence-corrected chi connectivity index (χ3v) is 3.68. The van der Waals surface area contributed by atoms with Gasteiger partial charge in [0.25, 0.3) is 5.91 Å². The molecule has 1 aliphatic rings. The van der Waals surface area contributed by atoms with Crippen LogP contribution in [0, 0.1) is 0 Å². The van der Waals surface area contributed by atoms with E-state index in [2.05, 4.69) is 17.1 Å². The van der Waals surface area contributed by atoms with Crippen LogP contribution in [-0.4, -0.2) is 49.7 Å². The minimum absolute atomic E-state index is 0. The number of nitrogens with zero attached hydrogens (tertiary/aromatic N) is 1. The van der Waals surface area contributed by atoms with Crippen molar-refractivity contribution in [2.24, 2.45) is 5.73 Å². The van der Waals surface area contributed by atoms with Crippen molar-refractivity contribution in [1.29, 1.82) is 0 Å². The number of amides is 1. The van der Waals surface area contributed by atoms with E-state index in [4.69, 9.17) is 10.5 Å². The fourth-order valence-corrected chi connectivity index (χ4v) is 2.28. The fraction of sp³-hybridized carbons (Fsp3) is 0.533. The molecule has 21 heavy (non-hydrogen) atoms. The number of nitrogens with two attached hydrogens (primary N) is 1. The smallest absolute Gasteiger partial charge is 0.251 e. The molecule has 5 nitrogen and oxygen atoms in total. The first-order valence-corrected chi connectivity index (χ1v) is 7.09. The van der Waals surface area contributed by atoms with E-state index in [1.54, 1.807) is 0 Å². The number of carbonyl (C=O) groups excluding carboxylic acids is 1. The van der Waals surface area contributed by atoms with Gasteiger partial charge in [-0.3, -0.25) is 9.69 Å². The SMILES string of the molecule is CC(CNC(=O)c1ccc(CN)cc1)N1CCOCC1.Cl. The molecule has 1 heterocycles. The van der Waals surface area contributed by atoms with Gasteiger partial charge in [0.2, 0.25) is 0 Å². The van der Waals surface area contributed by atoms with E-state index in [1.807, 2.05) is 24.3 Å². The van der Waals surface area contributed by atoms with Gasteiger partial charge in [-0.25, -0.2) is 0 Å². The first kappa shape index (κ1) is 17.9. The van der Waals surface area contributed by atoms with E-state index in [1.165, 1.54) is 0 Å². The van der Waals surface area contributed by atoms with E-state index in [9.17, 15) is 4.79 Å². The number of rotatable bonds is 5. The maximum Gasteiger partial charge on any atom is 0.251 e. The molecule has 1 aromatic rings. The van der Waals surface area contributed by atoms with Crippen LogP contribution in [0.25, 0.3) is 0 Å². The first-order chi connectivity index (χ1) is 9.70. The van der Waals surface area contributed by atoms with Crippen LogP contribution in [-0.2, 0) is 11.3 Å². The van der Waals surface area contributed by atoms with E-state index in [0.717, 1.165) is 31.9 Å². The molecule has 2 rings (SSSR count). The highest BCUT2D eigenvalue weighted by atomic mass is 35.5. The van der Waals surface area contributed by atoms with E-state index in [0.29, 0.717) is 24.7 Å². The summed E-state index contributed by atoms with van der Waals surface area (Å²) in [6.45, 7) is 6.69. The van der Waals surface area contributed by atoms with Crippen LogP contribution in [0.1, 0.15) is 22.8 Å². The molecule has 1 fully saturated rings. The number of carbonyl (C=O) groups is 1. The van der Waals surface area contributed by atoms with Crippen LogP contribution in [0.5, 0.6) is 0 Å². The Morgan fingerprint density at radius 1 is 1.33 bits per heavy atom. The zero-order valence-corrected chi connectivity index (χ0v) is 13.2. The van der Waals surface area contributed by atoms with Gasteiger partial charge in [0.15, 0.2) is 0 Å². The number of morpholine rings is 1. The molecule has 0 radical (unpaired) electrons. The summed E-state index contributed by atoms with van der Waals surface area (Å²) in [5.41, 5.74) is 7.25. The number of hydrogen-bond acceptors (Lipinski definition) is 4. The third-order valence-electron chi connectivity index (χ3n) is 3.68. The summed E-state index contributed by atoms with van der Waals surface area (Å²) in [5.74, 6) is -0.0336. The second kappa shape index (κ2) is 9.00. The van der Waals surface area contributed by atoms with Crippen molar-refractivity contribution in [3.63, 3.8) is 0 Å². The van der Waals surface area contributed by atoms with E-state index < -0.39 is 0 Å². The number of hydrogen-bond donors (Lipinski definition) is 2. The highest BCUT2D eigenvalue weighted by Crippen LogP contribution is 2.05. The molecule has 1 unspecified atom stereocenters. The van der Waals surface area contributed by atoms with Crippen LogP contribution < -0.4 is 11.1 Å². The molecule has 6 heteroatoms. The summed E-state index contributed by atoms with van der Waals surface area (Å²) in [4.78, 5) is 14.4. The van der Waals surface area contributed by atoms with Gasteiger partial charge in [0.1, 0.15) is 0 Å². The summed E-state index contributed by atoms with van der Waals surface area (Å²) < 4.78 is 5.33. The Hall–Kier alpha value is -1.14. The zero-order chi connectivity index (χ0) is 14.4. The molecule has 1 amide bonds. The zero-order valence-electron chi connectivity index (χ0n) is 12.4. The lowest BCUT2D eigenvalue weighted by Gasteiger charge is -2.32. The Morgan fingerprint density at radius 2 is 1.95 bits per heavy atom. The van der Waals surface area contributed by atoms with Crippen LogP contribution in [0.15, 0.2) is 24.3 Å². The second-order valence-corrected chi connectivity index (χ2v) is 5.11. The Balaban J connectivity index is 0.00000220. The molecule has 3 N–H and O–H groups in total. The second-order valence-electron chi connectivity index (χ2n) is 5.11. The first-order valence-electron chi connectivity index (χ1n) is 7.09. The van der Waals surface area contributed by atoms with Gasteiger partial charge in [-0.15, -0.1) is 12.4 Å². The molecule has 1 atom stereocenters. The Bertz CT molecular complexity index is 433. The minimum Gasteiger partial charge on any atom is -0.379 e. The number of ether oxygens (including phenoxy) is 1. The summed E-state index contributed by atoms with van der Waals surface area (Å²) in [6.07, 6.45) is 0. The Labute approximate surface area is 132 Å². The van der Waals surface area contributed by atoms with E-state index >= 15 is 0 Å². The average Bonchev–Trinajstić information content (AvgIpc) is 2.53. The van der Waals surface area contributed by atoms with Crippen LogP contribution in [0.2, 0.25) is 0 Å². The molecule has 0 saturated carbocycles. The highest BCUT2D eigenvalue weighted by molar-refractivity contribution is 5.94. The molecule has 1 saturated heterocycles. The summed E-state index contributed by atoms with van der Waals surface area (Å²) >= 11 is 0. The fourth-order valence-electron chi connectivity index (χ4n) is 2.28. The lowest BCUT2D eigenvalue weighted by Crippen LogP contribution is -2.47. The van der Waals surface area contributed by atoms with Crippen LogP contribution in [0.4, 0.5) is 0 Å². The van der Waals surface area contributed by atoms with Gasteiger partial charge in [0, 0.05) is 37.8 Å². The summed E-state index contributed by atoms with van der Waals surface area (Å²) in [7, 11) is 0. The highest BCUT2D eigenvalue weighted by Gasteiger charge is 2.17. The molecule has 0 aromatic heterocycles. The predicted molar refractivity (Wildman–Crippen MR) is 85.8 cm³/mol. The van der Waals surface area contributed by atoms with Crippen molar-refractivity contribution in [2.75, 3.05) is 32.8 Å². The van der Waals surface area contributed by atoms with Crippen LogP contribution >= 0.6 is 12.4 Å². The van der Waals surface area contributed by atoms with Gasteiger partial charge in [-0.2, -0.15) is 0 Å². The largest absolute Gasteiger partial charge is 0.379 e. The monoisotopic (exact) mass is 313 g/mol. The van der Waals surface area contributed by atoms with Crippen molar-refractivity contribution >= 4 is 18.3 Å². The number of nitrogens with one attached hydrogen (secondary N) is 1. The van der Waals surface area contributed by atoms with Crippen LogP contribution in [0.3, 0.4) is 0 Å². The third kappa shape index (κ3) is 5.28. The van der Waals surface area contributed by atoms with E-state index in [-0.39, 0.29) is 18.3 Å². The molecule has 1 aliphatic heterocycles. The maximum absolute atomic E-state index is 12.0. The normalized spacial score (nSPS) is 16.9. The van der Waals surface area contributed by atoms with Crippen molar-refractivity contribution in [3.8, 4) is 0 Å². The molecule has 1 aromatic carbocycles. The topological polar surface area (TPSA) is 67.6 Å².